The standard InChI is InChI=1S/C27H31FN4O3/c28-20-2-3-23-24(14-20)31-27(30-23)17-1-4-25(29-15-17)32-7-5-21(6-8-32)35-22-12-18-9-16(11-26(33)34)10-19(18)13-22/h1-4,14-16,18-19,21-22H,5-13H2,(H,30,31)(H,33,34)/t16?,18-,19?,22?/m0/s1. The number of hydrogen-bond donors (Lipinski definition) is 2. The minimum atomic E-state index is -0.662. The summed E-state index contributed by atoms with van der Waals surface area (Å²) in [5, 5.41) is 9.06. The van der Waals surface area contributed by atoms with Gasteiger partial charge in [0.25, 0.3) is 0 Å². The highest BCUT2D eigenvalue weighted by Crippen LogP contribution is 2.49. The predicted molar refractivity (Wildman–Crippen MR) is 131 cm³/mol. The molecule has 2 N–H and O–H groups in total. The molecule has 7 nitrogen and oxygen atoms in total. The first-order valence-corrected chi connectivity index (χ1v) is 12.7. The van der Waals surface area contributed by atoms with Gasteiger partial charge in [-0.1, -0.05) is 0 Å². The number of pyridine rings is 1. The fourth-order valence-corrected chi connectivity index (χ4v) is 6.54. The number of nitrogens with one attached hydrogen (secondary N) is 1. The molecule has 6 rings (SSSR count). The Morgan fingerprint density at radius 3 is 2.54 bits per heavy atom. The first-order valence-electron chi connectivity index (χ1n) is 12.7. The molecule has 2 aromatic heterocycles. The number of fused-ring (bicyclic) bond motifs is 2. The largest absolute Gasteiger partial charge is 0.481 e. The van der Waals surface area contributed by atoms with E-state index < -0.39 is 5.97 Å². The number of carboxylic acid groups (broad SMARTS) is 1. The van der Waals surface area contributed by atoms with Crippen LogP contribution in [0.4, 0.5) is 10.2 Å². The molecule has 3 unspecified atom stereocenters. The van der Waals surface area contributed by atoms with Crippen LogP contribution in [0.1, 0.15) is 44.9 Å². The highest BCUT2D eigenvalue weighted by atomic mass is 19.1. The molecule has 3 heterocycles. The van der Waals surface area contributed by atoms with Crippen molar-refractivity contribution >= 4 is 22.8 Å². The lowest BCUT2D eigenvalue weighted by Gasteiger charge is -2.34. The Balaban J connectivity index is 1.00. The maximum atomic E-state index is 13.5. The van der Waals surface area contributed by atoms with Gasteiger partial charge in [-0.25, -0.2) is 14.4 Å². The lowest BCUT2D eigenvalue weighted by Crippen LogP contribution is -2.38. The third-order valence-corrected chi connectivity index (χ3v) is 8.15. The Morgan fingerprint density at radius 1 is 1.09 bits per heavy atom. The number of carbonyl (C=O) groups is 1. The van der Waals surface area contributed by atoms with E-state index >= 15 is 0 Å². The number of H-pyrrole nitrogens is 1. The van der Waals surface area contributed by atoms with E-state index in [-0.39, 0.29) is 5.82 Å². The zero-order valence-corrected chi connectivity index (χ0v) is 19.7. The minimum Gasteiger partial charge on any atom is -0.481 e. The summed E-state index contributed by atoms with van der Waals surface area (Å²) in [6.07, 6.45) is 9.06. The molecule has 3 aromatic rings. The van der Waals surface area contributed by atoms with E-state index in [1.807, 2.05) is 18.3 Å². The van der Waals surface area contributed by atoms with Crippen molar-refractivity contribution in [1.82, 2.24) is 15.0 Å². The number of aromatic nitrogens is 3. The summed E-state index contributed by atoms with van der Waals surface area (Å²) in [6.45, 7) is 1.84. The molecule has 1 aliphatic heterocycles. The van der Waals surface area contributed by atoms with Crippen LogP contribution >= 0.6 is 0 Å². The second kappa shape index (κ2) is 9.22. The van der Waals surface area contributed by atoms with E-state index in [0.717, 1.165) is 68.5 Å². The molecule has 1 saturated heterocycles. The molecule has 184 valence electrons. The molecule has 3 fully saturated rings. The molecule has 8 heteroatoms. The molecule has 0 bridgehead atoms. The molecule has 35 heavy (non-hydrogen) atoms. The van der Waals surface area contributed by atoms with Gasteiger partial charge >= 0.3 is 5.97 Å². The van der Waals surface area contributed by atoms with Crippen LogP contribution in [0.25, 0.3) is 22.4 Å². The van der Waals surface area contributed by atoms with Crippen molar-refractivity contribution in [3.8, 4) is 11.4 Å². The van der Waals surface area contributed by atoms with Gasteiger partial charge in [0.05, 0.1) is 23.2 Å². The van der Waals surface area contributed by atoms with Gasteiger partial charge in [-0.3, -0.25) is 4.79 Å². The molecule has 2 saturated carbocycles. The number of rotatable bonds is 6. The Labute approximate surface area is 203 Å². The molecule has 0 amide bonds. The number of aromatic amines is 1. The van der Waals surface area contributed by atoms with Crippen LogP contribution < -0.4 is 4.90 Å². The van der Waals surface area contributed by atoms with Crippen LogP contribution in [0, 0.1) is 23.6 Å². The smallest absolute Gasteiger partial charge is 0.303 e. The van der Waals surface area contributed by atoms with Gasteiger partial charge < -0.3 is 19.7 Å². The summed E-state index contributed by atoms with van der Waals surface area (Å²) in [6, 6.07) is 8.57. The SMILES string of the molecule is O=C(O)CC1CC2CC(OC3CCN(c4ccc(-c5nc6ccc(F)cc6[nH]5)cn4)CC3)C[C@@H]2C1. The van der Waals surface area contributed by atoms with Crippen LogP contribution in [0.2, 0.25) is 0 Å². The highest BCUT2D eigenvalue weighted by molar-refractivity contribution is 5.79. The number of piperidine rings is 1. The van der Waals surface area contributed by atoms with Gasteiger partial charge in [-0.15, -0.1) is 0 Å². The molecule has 1 aromatic carbocycles. The zero-order valence-electron chi connectivity index (χ0n) is 19.7. The van der Waals surface area contributed by atoms with E-state index in [9.17, 15) is 9.18 Å². The Kier molecular flexibility index (Phi) is 5.92. The van der Waals surface area contributed by atoms with Crippen molar-refractivity contribution in [3.05, 3.63) is 42.3 Å². The number of ether oxygens (including phenoxy) is 1. The Hall–Kier alpha value is -3.00. The lowest BCUT2D eigenvalue weighted by atomic mass is 9.99. The van der Waals surface area contributed by atoms with Crippen LogP contribution in [0.3, 0.4) is 0 Å². The van der Waals surface area contributed by atoms with Gasteiger partial charge in [-0.2, -0.15) is 0 Å². The zero-order chi connectivity index (χ0) is 23.9. The average Bonchev–Trinajstić information content (AvgIpc) is 3.52. The topological polar surface area (TPSA) is 91.3 Å². The van der Waals surface area contributed by atoms with Gasteiger partial charge in [0.1, 0.15) is 17.5 Å². The predicted octanol–water partition coefficient (Wildman–Crippen LogP) is 5.03. The summed E-state index contributed by atoms with van der Waals surface area (Å²) >= 11 is 0. The normalized spacial score (nSPS) is 26.9. The van der Waals surface area contributed by atoms with Crippen LogP contribution in [-0.4, -0.2) is 51.3 Å². The summed E-state index contributed by atoms with van der Waals surface area (Å²) < 4.78 is 20.0. The molecule has 2 aliphatic carbocycles. The first-order chi connectivity index (χ1) is 17.0. The lowest BCUT2D eigenvalue weighted by molar-refractivity contribution is -0.138. The monoisotopic (exact) mass is 478 g/mol. The van der Waals surface area contributed by atoms with Crippen LogP contribution in [0.5, 0.6) is 0 Å². The van der Waals surface area contributed by atoms with Gasteiger partial charge in [0.15, 0.2) is 0 Å². The number of anilines is 1. The number of aliphatic carboxylic acids is 1. The number of hydrogen-bond acceptors (Lipinski definition) is 5. The summed E-state index contributed by atoms with van der Waals surface area (Å²) in [4.78, 5) is 25.7. The summed E-state index contributed by atoms with van der Waals surface area (Å²) in [7, 11) is 0. The third kappa shape index (κ3) is 4.76. The number of halogens is 1. The van der Waals surface area contributed by atoms with Gasteiger partial charge in [-0.05, 0) is 86.6 Å². The maximum absolute atomic E-state index is 13.5. The molecular formula is C27H31FN4O3. The quantitative estimate of drug-likeness (QED) is 0.516. The average molecular weight is 479 g/mol. The highest BCUT2D eigenvalue weighted by Gasteiger charge is 2.43. The molecule has 0 radical (unpaired) electrons. The second-order valence-electron chi connectivity index (χ2n) is 10.5. The summed E-state index contributed by atoms with van der Waals surface area (Å²) in [5.74, 6) is 2.36. The van der Waals surface area contributed by atoms with Crippen LogP contribution in [0.15, 0.2) is 36.5 Å². The maximum Gasteiger partial charge on any atom is 0.303 e. The van der Waals surface area contributed by atoms with Crippen molar-refractivity contribution in [2.75, 3.05) is 18.0 Å². The Bertz CT molecular complexity index is 1190. The van der Waals surface area contributed by atoms with Crippen LogP contribution in [-0.2, 0) is 9.53 Å². The molecular weight excluding hydrogens is 447 g/mol. The van der Waals surface area contributed by atoms with Crippen molar-refractivity contribution in [2.45, 2.75) is 57.2 Å². The van der Waals surface area contributed by atoms with Gasteiger partial charge in [0.2, 0.25) is 0 Å². The third-order valence-electron chi connectivity index (χ3n) is 8.15. The van der Waals surface area contributed by atoms with E-state index in [2.05, 4.69) is 19.9 Å². The van der Waals surface area contributed by atoms with E-state index in [0.29, 0.717) is 47.7 Å². The Morgan fingerprint density at radius 2 is 1.86 bits per heavy atom. The van der Waals surface area contributed by atoms with E-state index in [1.54, 1.807) is 6.07 Å². The minimum absolute atomic E-state index is 0.284. The molecule has 0 spiro atoms. The number of imidazole rings is 1. The fraction of sp³-hybridized carbons (Fsp3) is 0.519. The molecule has 3 aliphatic rings. The van der Waals surface area contributed by atoms with Crippen molar-refractivity contribution in [3.63, 3.8) is 0 Å². The van der Waals surface area contributed by atoms with E-state index in [1.165, 1.54) is 12.1 Å². The number of carboxylic acids is 1. The molecule has 4 atom stereocenters. The van der Waals surface area contributed by atoms with E-state index in [4.69, 9.17) is 9.84 Å². The van der Waals surface area contributed by atoms with Crippen molar-refractivity contribution < 1.29 is 19.0 Å². The first kappa shape index (κ1) is 22.5. The van der Waals surface area contributed by atoms with Crippen molar-refractivity contribution in [1.29, 1.82) is 0 Å². The summed E-state index contributed by atoms with van der Waals surface area (Å²) in [5.41, 5.74) is 2.29. The number of benzene rings is 1. The number of nitrogens with zero attached hydrogens (tertiary/aromatic N) is 3. The fourth-order valence-electron chi connectivity index (χ4n) is 6.54. The second-order valence-corrected chi connectivity index (χ2v) is 10.5. The van der Waals surface area contributed by atoms with Crippen molar-refractivity contribution in [2.24, 2.45) is 17.8 Å². The van der Waals surface area contributed by atoms with Gasteiger partial charge in [0, 0.05) is 31.3 Å².